The summed E-state index contributed by atoms with van der Waals surface area (Å²) in [5, 5.41) is 12.6. The number of rotatable bonds is 7. The quantitative estimate of drug-likeness (QED) is 0.545. The van der Waals surface area contributed by atoms with Crippen LogP contribution >= 0.6 is 0 Å². The summed E-state index contributed by atoms with van der Waals surface area (Å²) in [4.78, 5) is 40.4. The molecule has 31 heavy (non-hydrogen) atoms. The second kappa shape index (κ2) is 8.91. The molecule has 0 unspecified atom stereocenters. The Bertz CT molecular complexity index is 1170. The van der Waals surface area contributed by atoms with Gasteiger partial charge in [-0.2, -0.15) is 0 Å². The van der Waals surface area contributed by atoms with E-state index in [1.54, 1.807) is 0 Å². The SMILES string of the molecule is O=C(O)N(CCn1c(=O)cc(Nc2ccc3c(c2)CCC3)[nH]c1=O)Cc1ccccc1. The minimum atomic E-state index is -1.11. The van der Waals surface area contributed by atoms with Gasteiger partial charge < -0.3 is 15.3 Å². The van der Waals surface area contributed by atoms with Crippen LogP contribution in [0.25, 0.3) is 0 Å². The van der Waals surface area contributed by atoms with Gasteiger partial charge in [0.15, 0.2) is 0 Å². The first-order valence-corrected chi connectivity index (χ1v) is 10.2. The largest absolute Gasteiger partial charge is 0.465 e. The normalized spacial score (nSPS) is 12.4. The lowest BCUT2D eigenvalue weighted by Gasteiger charge is -2.19. The molecule has 4 rings (SSSR count). The fourth-order valence-corrected chi connectivity index (χ4v) is 3.87. The predicted octanol–water partition coefficient (Wildman–Crippen LogP) is 2.95. The topological polar surface area (TPSA) is 107 Å². The lowest BCUT2D eigenvalue weighted by molar-refractivity contribution is 0.140. The molecule has 0 radical (unpaired) electrons. The van der Waals surface area contributed by atoms with Crippen LogP contribution in [0.1, 0.15) is 23.1 Å². The van der Waals surface area contributed by atoms with Crippen LogP contribution in [0.5, 0.6) is 0 Å². The Balaban J connectivity index is 1.46. The van der Waals surface area contributed by atoms with Crippen molar-refractivity contribution in [2.24, 2.45) is 0 Å². The minimum absolute atomic E-state index is 0.0187. The molecule has 160 valence electrons. The van der Waals surface area contributed by atoms with E-state index in [1.807, 2.05) is 42.5 Å². The Morgan fingerprint density at radius 3 is 2.58 bits per heavy atom. The summed E-state index contributed by atoms with van der Waals surface area (Å²) in [5.74, 6) is 0.309. The summed E-state index contributed by atoms with van der Waals surface area (Å²) in [7, 11) is 0. The van der Waals surface area contributed by atoms with Crippen LogP contribution < -0.4 is 16.6 Å². The molecule has 8 nitrogen and oxygen atoms in total. The van der Waals surface area contributed by atoms with E-state index in [-0.39, 0.29) is 19.6 Å². The van der Waals surface area contributed by atoms with Crippen molar-refractivity contribution >= 4 is 17.6 Å². The van der Waals surface area contributed by atoms with Gasteiger partial charge in [0.2, 0.25) is 0 Å². The summed E-state index contributed by atoms with van der Waals surface area (Å²) in [5.41, 5.74) is 3.20. The van der Waals surface area contributed by atoms with Gasteiger partial charge in [-0.25, -0.2) is 9.59 Å². The van der Waals surface area contributed by atoms with Gasteiger partial charge in [0.05, 0.1) is 0 Å². The number of nitrogens with one attached hydrogen (secondary N) is 2. The Morgan fingerprint density at radius 1 is 1.06 bits per heavy atom. The number of hydrogen-bond donors (Lipinski definition) is 3. The second-order valence-corrected chi connectivity index (χ2v) is 7.63. The Labute approximate surface area is 178 Å². The first-order chi connectivity index (χ1) is 15.0. The third-order valence-corrected chi connectivity index (χ3v) is 5.48. The van der Waals surface area contributed by atoms with Crippen molar-refractivity contribution in [1.82, 2.24) is 14.5 Å². The fraction of sp³-hybridized carbons (Fsp3) is 0.261. The lowest BCUT2D eigenvalue weighted by atomic mass is 10.1. The van der Waals surface area contributed by atoms with Crippen molar-refractivity contribution < 1.29 is 9.90 Å². The predicted molar refractivity (Wildman–Crippen MR) is 118 cm³/mol. The molecule has 3 aromatic rings. The average molecular weight is 420 g/mol. The van der Waals surface area contributed by atoms with Gasteiger partial charge >= 0.3 is 11.8 Å². The van der Waals surface area contributed by atoms with E-state index in [0.29, 0.717) is 5.82 Å². The molecule has 0 aliphatic heterocycles. The Hall–Kier alpha value is -3.81. The maximum absolute atomic E-state index is 12.5. The highest BCUT2D eigenvalue weighted by Crippen LogP contribution is 2.25. The molecule has 0 saturated carbocycles. The van der Waals surface area contributed by atoms with Gasteiger partial charge in [0, 0.05) is 31.4 Å². The van der Waals surface area contributed by atoms with Crippen molar-refractivity contribution in [3.05, 3.63) is 92.1 Å². The number of aromatic amines is 1. The van der Waals surface area contributed by atoms with Gasteiger partial charge in [-0.3, -0.25) is 14.3 Å². The molecule has 1 aromatic heterocycles. The molecular weight excluding hydrogens is 396 g/mol. The van der Waals surface area contributed by atoms with E-state index in [2.05, 4.69) is 16.4 Å². The monoisotopic (exact) mass is 420 g/mol. The number of benzene rings is 2. The van der Waals surface area contributed by atoms with Crippen molar-refractivity contribution in [3.8, 4) is 0 Å². The fourth-order valence-electron chi connectivity index (χ4n) is 3.87. The van der Waals surface area contributed by atoms with Gasteiger partial charge in [-0.05, 0) is 48.1 Å². The number of nitrogens with zero attached hydrogens (tertiary/aromatic N) is 2. The number of anilines is 2. The van der Waals surface area contributed by atoms with Crippen LogP contribution in [0.2, 0.25) is 0 Å². The van der Waals surface area contributed by atoms with Crippen LogP contribution in [-0.2, 0) is 25.9 Å². The summed E-state index contributed by atoms with van der Waals surface area (Å²) >= 11 is 0. The number of carbonyl (C=O) groups is 1. The number of carboxylic acid groups (broad SMARTS) is 1. The molecule has 2 aromatic carbocycles. The van der Waals surface area contributed by atoms with Gasteiger partial charge in [0.25, 0.3) is 5.56 Å². The highest BCUT2D eigenvalue weighted by Gasteiger charge is 2.15. The molecule has 3 N–H and O–H groups in total. The first kappa shape index (κ1) is 20.5. The number of fused-ring (bicyclic) bond motifs is 1. The highest BCUT2D eigenvalue weighted by molar-refractivity contribution is 5.65. The molecule has 0 spiro atoms. The third kappa shape index (κ3) is 4.85. The molecule has 0 saturated heterocycles. The number of aromatic nitrogens is 2. The summed E-state index contributed by atoms with van der Waals surface area (Å²) < 4.78 is 1.01. The smallest absolute Gasteiger partial charge is 0.407 e. The van der Waals surface area contributed by atoms with E-state index in [4.69, 9.17) is 0 Å². The number of amides is 1. The first-order valence-electron chi connectivity index (χ1n) is 10.2. The Morgan fingerprint density at radius 2 is 1.84 bits per heavy atom. The number of H-pyrrole nitrogens is 1. The van der Waals surface area contributed by atoms with Gasteiger partial charge in [-0.1, -0.05) is 36.4 Å². The van der Waals surface area contributed by atoms with Crippen molar-refractivity contribution in [2.75, 3.05) is 11.9 Å². The summed E-state index contributed by atoms with van der Waals surface area (Å²) in [6, 6.07) is 16.5. The molecule has 0 fully saturated rings. The van der Waals surface area contributed by atoms with E-state index < -0.39 is 17.3 Å². The maximum atomic E-state index is 12.5. The molecular formula is C23H24N4O4. The van der Waals surface area contributed by atoms with Crippen LogP contribution in [0.4, 0.5) is 16.3 Å². The van der Waals surface area contributed by atoms with Gasteiger partial charge in [-0.15, -0.1) is 0 Å². The van der Waals surface area contributed by atoms with Crippen LogP contribution in [0.3, 0.4) is 0 Å². The van der Waals surface area contributed by atoms with E-state index in [0.717, 1.165) is 35.1 Å². The lowest BCUT2D eigenvalue weighted by Crippen LogP contribution is -2.40. The van der Waals surface area contributed by atoms with E-state index in [1.165, 1.54) is 22.1 Å². The molecule has 0 atom stereocenters. The summed E-state index contributed by atoms with van der Waals surface area (Å²) in [6.45, 7) is 0.165. The number of aryl methyl sites for hydroxylation is 2. The molecule has 1 aliphatic carbocycles. The standard InChI is InChI=1S/C23H24N4O4/c28-21-14-20(24-19-10-9-17-7-4-8-18(17)13-19)25-22(29)27(21)12-11-26(23(30)31)15-16-5-2-1-3-6-16/h1-3,5-6,9-10,13-14,24H,4,7-8,11-12,15H2,(H,25,29)(H,30,31). The highest BCUT2D eigenvalue weighted by atomic mass is 16.4. The second-order valence-electron chi connectivity index (χ2n) is 7.63. The minimum Gasteiger partial charge on any atom is -0.465 e. The molecule has 1 amide bonds. The molecule has 8 heteroatoms. The zero-order chi connectivity index (χ0) is 21.8. The molecule has 0 bridgehead atoms. The number of hydrogen-bond acceptors (Lipinski definition) is 4. The van der Waals surface area contributed by atoms with Crippen LogP contribution in [0, 0.1) is 0 Å². The van der Waals surface area contributed by atoms with Crippen molar-refractivity contribution in [2.45, 2.75) is 32.4 Å². The van der Waals surface area contributed by atoms with Crippen molar-refractivity contribution in [1.29, 1.82) is 0 Å². The zero-order valence-electron chi connectivity index (χ0n) is 17.0. The molecule has 1 aliphatic rings. The van der Waals surface area contributed by atoms with Crippen LogP contribution in [0.15, 0.2) is 64.2 Å². The van der Waals surface area contributed by atoms with Crippen LogP contribution in [-0.4, -0.2) is 32.2 Å². The third-order valence-electron chi connectivity index (χ3n) is 5.48. The average Bonchev–Trinajstić information content (AvgIpc) is 3.21. The van der Waals surface area contributed by atoms with Crippen molar-refractivity contribution in [3.63, 3.8) is 0 Å². The molecule has 1 heterocycles. The van der Waals surface area contributed by atoms with Gasteiger partial charge in [0.1, 0.15) is 5.82 Å². The summed E-state index contributed by atoms with van der Waals surface area (Å²) in [6.07, 6.45) is 2.15. The van der Waals surface area contributed by atoms with E-state index in [9.17, 15) is 19.5 Å². The maximum Gasteiger partial charge on any atom is 0.407 e. The Kier molecular flexibility index (Phi) is 5.88. The zero-order valence-corrected chi connectivity index (χ0v) is 17.0. The van der Waals surface area contributed by atoms with E-state index >= 15 is 0 Å².